The van der Waals surface area contributed by atoms with Gasteiger partial charge in [-0.05, 0) is 37.0 Å². The molecule has 0 spiro atoms. The zero-order valence-corrected chi connectivity index (χ0v) is 11.0. The van der Waals surface area contributed by atoms with E-state index in [9.17, 15) is 9.59 Å². The molecule has 2 atom stereocenters. The Hall–Kier alpha value is -1.12. The lowest BCUT2D eigenvalue weighted by Crippen LogP contribution is -2.28. The number of hydrogen-bond acceptors (Lipinski definition) is 3. The minimum atomic E-state index is -0.462. The van der Waals surface area contributed by atoms with Gasteiger partial charge in [0.05, 0.1) is 7.11 Å². The molecule has 0 aromatic rings. The first-order chi connectivity index (χ1) is 7.85. The predicted octanol–water partition coefficient (Wildman–Crippen LogP) is 2.50. The zero-order valence-electron chi connectivity index (χ0n) is 11.0. The largest absolute Gasteiger partial charge is 0.465 e. The van der Waals surface area contributed by atoms with Crippen molar-refractivity contribution in [3.8, 4) is 0 Å². The highest BCUT2D eigenvalue weighted by Crippen LogP contribution is 2.52. The average Bonchev–Trinajstić information content (AvgIpc) is 2.52. The van der Waals surface area contributed by atoms with Gasteiger partial charge < -0.3 is 4.74 Å². The summed E-state index contributed by atoms with van der Waals surface area (Å²) in [5.74, 6) is 0.312. The Morgan fingerprint density at radius 2 is 2.00 bits per heavy atom. The maximum Gasteiger partial charge on any atom is 0.341 e. The van der Waals surface area contributed by atoms with Gasteiger partial charge in [-0.15, -0.1) is 0 Å². The predicted molar refractivity (Wildman–Crippen MR) is 64.3 cm³/mol. The molecule has 1 saturated carbocycles. The van der Waals surface area contributed by atoms with E-state index in [4.69, 9.17) is 4.74 Å². The van der Waals surface area contributed by atoms with E-state index in [-0.39, 0.29) is 11.2 Å². The van der Waals surface area contributed by atoms with Crippen LogP contribution in [0.15, 0.2) is 11.1 Å². The molecule has 0 saturated heterocycles. The van der Waals surface area contributed by atoms with Crippen LogP contribution in [0.4, 0.5) is 0 Å². The molecule has 0 bridgehead atoms. The number of rotatable bonds is 1. The van der Waals surface area contributed by atoms with E-state index in [0.29, 0.717) is 23.8 Å². The van der Waals surface area contributed by atoms with Gasteiger partial charge in [0.1, 0.15) is 5.57 Å². The van der Waals surface area contributed by atoms with Crippen LogP contribution in [-0.4, -0.2) is 18.9 Å². The molecule has 3 nitrogen and oxygen atoms in total. The molecule has 0 amide bonds. The van der Waals surface area contributed by atoms with Gasteiger partial charge in [-0.25, -0.2) is 4.79 Å². The molecule has 0 N–H and O–H groups in total. The number of carbonyl (C=O) groups excluding carboxylic acids is 2. The van der Waals surface area contributed by atoms with Gasteiger partial charge in [-0.2, -0.15) is 0 Å². The number of hydrogen-bond donors (Lipinski definition) is 0. The molecule has 2 aliphatic rings. The van der Waals surface area contributed by atoms with Crippen LogP contribution in [0.3, 0.4) is 0 Å². The fourth-order valence-electron chi connectivity index (χ4n) is 3.54. The molecule has 94 valence electrons. The standard InChI is InChI=1S/C14H20O3/c1-8-10-7-14(2,3)6-9(10)5-11(15)12(8)13(16)17-4/h9-10H,5-7H2,1-4H3/t9-,10-/m1/s1. The van der Waals surface area contributed by atoms with Crippen molar-refractivity contribution in [2.24, 2.45) is 17.3 Å². The number of esters is 1. The maximum atomic E-state index is 12.0. The van der Waals surface area contributed by atoms with Gasteiger partial charge in [0.2, 0.25) is 0 Å². The van der Waals surface area contributed by atoms with Crippen molar-refractivity contribution in [2.45, 2.75) is 40.0 Å². The van der Waals surface area contributed by atoms with Gasteiger partial charge in [-0.1, -0.05) is 19.4 Å². The lowest BCUT2D eigenvalue weighted by Gasteiger charge is -2.27. The van der Waals surface area contributed by atoms with Crippen LogP contribution in [0, 0.1) is 17.3 Å². The van der Waals surface area contributed by atoms with Crippen molar-refractivity contribution in [3.63, 3.8) is 0 Å². The number of ether oxygens (including phenoxy) is 1. The third kappa shape index (κ3) is 2.03. The Bertz CT molecular complexity index is 404. The first-order valence-electron chi connectivity index (χ1n) is 6.18. The van der Waals surface area contributed by atoms with E-state index >= 15 is 0 Å². The maximum absolute atomic E-state index is 12.0. The number of allylic oxidation sites excluding steroid dienone is 1. The molecule has 2 rings (SSSR count). The zero-order chi connectivity index (χ0) is 12.8. The summed E-state index contributed by atoms with van der Waals surface area (Å²) in [5, 5.41) is 0. The smallest absolute Gasteiger partial charge is 0.341 e. The summed E-state index contributed by atoms with van der Waals surface area (Å²) in [6, 6.07) is 0. The van der Waals surface area contributed by atoms with E-state index < -0.39 is 5.97 Å². The van der Waals surface area contributed by atoms with E-state index in [1.165, 1.54) is 7.11 Å². The third-order valence-corrected chi connectivity index (χ3v) is 4.22. The second kappa shape index (κ2) is 3.97. The van der Waals surface area contributed by atoms with Crippen LogP contribution in [0.2, 0.25) is 0 Å². The van der Waals surface area contributed by atoms with Gasteiger partial charge in [0.15, 0.2) is 5.78 Å². The molecule has 0 radical (unpaired) electrons. The highest BCUT2D eigenvalue weighted by molar-refractivity contribution is 6.18. The fraction of sp³-hybridized carbons (Fsp3) is 0.714. The van der Waals surface area contributed by atoms with Gasteiger partial charge in [0, 0.05) is 6.42 Å². The molecule has 17 heavy (non-hydrogen) atoms. The summed E-state index contributed by atoms with van der Waals surface area (Å²) >= 11 is 0. The summed E-state index contributed by atoms with van der Waals surface area (Å²) in [6.07, 6.45) is 2.66. The van der Waals surface area contributed by atoms with Gasteiger partial charge >= 0.3 is 5.97 Å². The van der Waals surface area contributed by atoms with Gasteiger partial charge in [0.25, 0.3) is 0 Å². The molecular weight excluding hydrogens is 216 g/mol. The summed E-state index contributed by atoms with van der Waals surface area (Å²) < 4.78 is 4.71. The van der Waals surface area contributed by atoms with Crippen LogP contribution in [-0.2, 0) is 14.3 Å². The van der Waals surface area contributed by atoms with Crippen LogP contribution in [0.5, 0.6) is 0 Å². The number of Topliss-reactive ketones (excluding diaryl/α,β-unsaturated/α-hetero) is 1. The number of carbonyl (C=O) groups is 2. The van der Waals surface area contributed by atoms with Crippen LogP contribution in [0.1, 0.15) is 40.0 Å². The normalized spacial score (nSPS) is 31.4. The Kier molecular flexibility index (Phi) is 2.88. The highest BCUT2D eigenvalue weighted by atomic mass is 16.5. The second-order valence-corrected chi connectivity index (χ2v) is 6.12. The topological polar surface area (TPSA) is 43.4 Å². The SMILES string of the molecule is COC(=O)C1=C(C)[C@H]2CC(C)(C)C[C@H]2CC1=O. The van der Waals surface area contributed by atoms with Gasteiger partial charge in [-0.3, -0.25) is 4.79 Å². The van der Waals surface area contributed by atoms with Crippen molar-refractivity contribution in [2.75, 3.05) is 7.11 Å². The molecule has 0 aromatic carbocycles. The molecule has 1 fully saturated rings. The van der Waals surface area contributed by atoms with E-state index in [1.54, 1.807) is 0 Å². The second-order valence-electron chi connectivity index (χ2n) is 6.12. The van der Waals surface area contributed by atoms with Crippen LogP contribution in [0.25, 0.3) is 0 Å². The summed E-state index contributed by atoms with van der Waals surface area (Å²) in [6.45, 7) is 6.39. The van der Waals surface area contributed by atoms with E-state index in [2.05, 4.69) is 13.8 Å². The van der Waals surface area contributed by atoms with Crippen molar-refractivity contribution in [1.29, 1.82) is 0 Å². The average molecular weight is 236 g/mol. The number of methoxy groups -OCH3 is 1. The number of ketones is 1. The van der Waals surface area contributed by atoms with Crippen LogP contribution >= 0.6 is 0 Å². The fourth-order valence-corrected chi connectivity index (χ4v) is 3.54. The van der Waals surface area contributed by atoms with Crippen molar-refractivity contribution < 1.29 is 14.3 Å². The quantitative estimate of drug-likeness (QED) is 0.519. The Morgan fingerprint density at radius 1 is 1.35 bits per heavy atom. The molecule has 2 aliphatic carbocycles. The molecule has 0 heterocycles. The number of fused-ring (bicyclic) bond motifs is 1. The van der Waals surface area contributed by atoms with Crippen molar-refractivity contribution in [1.82, 2.24) is 0 Å². The molecule has 0 aliphatic heterocycles. The summed E-state index contributed by atoms with van der Waals surface area (Å²) in [5.41, 5.74) is 1.54. The molecule has 3 heteroatoms. The van der Waals surface area contributed by atoms with E-state index in [1.807, 2.05) is 6.92 Å². The lowest BCUT2D eigenvalue weighted by molar-refractivity contribution is -0.138. The summed E-state index contributed by atoms with van der Waals surface area (Å²) in [7, 11) is 1.33. The first kappa shape index (κ1) is 12.3. The molecular formula is C14H20O3. The summed E-state index contributed by atoms with van der Waals surface area (Å²) in [4.78, 5) is 23.6. The third-order valence-electron chi connectivity index (χ3n) is 4.22. The van der Waals surface area contributed by atoms with Crippen molar-refractivity contribution >= 4 is 11.8 Å². The molecule has 0 unspecified atom stereocenters. The monoisotopic (exact) mass is 236 g/mol. The first-order valence-corrected chi connectivity index (χ1v) is 6.18. The highest BCUT2D eigenvalue weighted by Gasteiger charge is 2.45. The lowest BCUT2D eigenvalue weighted by atomic mass is 9.77. The minimum absolute atomic E-state index is 0.0340. The minimum Gasteiger partial charge on any atom is -0.465 e. The Balaban J connectivity index is 2.37. The Labute approximate surface area is 102 Å². The molecule has 0 aromatic heterocycles. The van der Waals surface area contributed by atoms with Crippen molar-refractivity contribution in [3.05, 3.63) is 11.1 Å². The van der Waals surface area contributed by atoms with Crippen LogP contribution < -0.4 is 0 Å². The van der Waals surface area contributed by atoms with E-state index in [0.717, 1.165) is 18.4 Å². The Morgan fingerprint density at radius 3 is 2.59 bits per heavy atom.